The maximum absolute atomic E-state index is 13.6. The van der Waals surface area contributed by atoms with Crippen molar-refractivity contribution in [1.82, 2.24) is 34.7 Å². The van der Waals surface area contributed by atoms with E-state index in [4.69, 9.17) is 16.6 Å². The van der Waals surface area contributed by atoms with E-state index in [-0.39, 0.29) is 68.0 Å². The van der Waals surface area contributed by atoms with Gasteiger partial charge in [-0.2, -0.15) is 16.8 Å². The number of pyridine rings is 4. The van der Waals surface area contributed by atoms with Crippen LogP contribution in [0.1, 0.15) is 187 Å². The second-order valence-corrected chi connectivity index (χ2v) is 31.1. The Bertz CT molecular complexity index is 3310. The van der Waals surface area contributed by atoms with E-state index in [0.29, 0.717) is 78.4 Å². The Balaban J connectivity index is 0.000000208. The van der Waals surface area contributed by atoms with Crippen molar-refractivity contribution in [1.29, 1.82) is 0 Å². The minimum atomic E-state index is -4.24. The van der Waals surface area contributed by atoms with E-state index < -0.39 is 31.9 Å². The maximum Gasteiger partial charge on any atom is 0.281 e. The molecule has 10 rings (SSSR count). The standard InChI is InChI=1S/C31H44N6O4S.C20H24ClN5O3S.C11H21NO.CH4/c1-30(2,3)16-7-10-22-15-18-36(29(22)39)25-14-13-23-27(34-25)37-20-21(19-31(37,4)5)9-8-17-32-24-11-6-12-26(33-24)42(40,41)35-28(23)38;1-20(2)11-13-5-4-10-22-16-6-3-7-17(24-16)30(28,29)25-19(27)14-8-9-15(21)23-18(14)26(20)12-13;1-11(2,3)7-4-5-9-6-8-12-10(9)13;/h6,11-14,21-22H,7-10,15-20H2,1-5H3,(H,32,33)(H,35,38);3,6-9,13H,4-5,10-12H2,1-2H3,(H,22,24)(H,25,27);9H,4-8H2,1-3H3,(H,12,13);1H4/t21-,22?;13-;;/m00../s1. The molecule has 4 saturated heterocycles. The quantitative estimate of drug-likeness (QED) is 0.108. The van der Waals surface area contributed by atoms with Crippen LogP contribution in [-0.4, -0.2) is 111 Å². The van der Waals surface area contributed by atoms with Gasteiger partial charge in [0.1, 0.15) is 34.2 Å². The van der Waals surface area contributed by atoms with Gasteiger partial charge in [-0.3, -0.25) is 24.1 Å². The number of carbonyl (C=O) groups excluding carboxylic acids is 4. The van der Waals surface area contributed by atoms with Crippen molar-refractivity contribution in [2.75, 3.05) is 64.6 Å². The summed E-state index contributed by atoms with van der Waals surface area (Å²) in [6.07, 6.45) is 13.8. The third-order valence-corrected chi connectivity index (χ3v) is 19.7. The van der Waals surface area contributed by atoms with Crippen molar-refractivity contribution in [2.45, 2.75) is 188 Å². The Labute approximate surface area is 516 Å². The molecular weight excluding hydrogens is 1150 g/mol. The molecule has 0 spiro atoms. The Hall–Kier alpha value is -6.13. The van der Waals surface area contributed by atoms with Crippen LogP contribution < -0.4 is 40.1 Å². The molecule has 23 heteroatoms. The zero-order valence-electron chi connectivity index (χ0n) is 51.3. The van der Waals surface area contributed by atoms with Crippen LogP contribution in [0.5, 0.6) is 0 Å². The summed E-state index contributed by atoms with van der Waals surface area (Å²) < 4.78 is 56.3. The summed E-state index contributed by atoms with van der Waals surface area (Å²) in [5, 5.41) is 9.06. The predicted molar refractivity (Wildman–Crippen MR) is 341 cm³/mol. The topological polar surface area (TPSA) is 258 Å². The SMILES string of the molecule is C.CC(C)(C)CCCC1CCN(c2ccc3c(n2)N2C[C@@H](CCCNc4cccc(n4)S(=O)(=O)NC3=O)CC2(C)C)C1=O.CC(C)(C)CCCC1CCNC1=O.CC1(C)C[C@@H]2CCCNc3cccc(n3)S(=O)(=O)NC(=O)c3ccc(Cl)nc3N1C2. The van der Waals surface area contributed by atoms with Crippen molar-refractivity contribution in [3.8, 4) is 0 Å². The summed E-state index contributed by atoms with van der Waals surface area (Å²) in [5.74, 6) is 2.10. The van der Waals surface area contributed by atoms with Crippen LogP contribution >= 0.6 is 11.6 Å². The Morgan fingerprint density at radius 3 is 1.53 bits per heavy atom. The minimum Gasteiger partial charge on any atom is -0.370 e. The lowest BCUT2D eigenvalue weighted by atomic mass is 9.87. The van der Waals surface area contributed by atoms with Gasteiger partial charge in [0.25, 0.3) is 31.9 Å². The molecule has 8 bridgehead atoms. The normalized spacial score (nSPS) is 23.2. The number of nitrogens with one attached hydrogen (secondary N) is 5. The first-order valence-electron chi connectivity index (χ1n) is 30.3. The van der Waals surface area contributed by atoms with Gasteiger partial charge in [-0.15, -0.1) is 0 Å². The summed E-state index contributed by atoms with van der Waals surface area (Å²) in [7, 11) is -8.39. The Morgan fingerprint density at radius 2 is 1.06 bits per heavy atom. The average Bonchev–Trinajstić information content (AvgIpc) is 1.67. The number of sulfonamides is 2. The fourth-order valence-electron chi connectivity index (χ4n) is 12.6. The molecule has 4 atom stereocenters. The molecule has 4 aromatic rings. The highest BCUT2D eigenvalue weighted by Gasteiger charge is 2.43. The Kier molecular flexibility index (Phi) is 21.5. The van der Waals surface area contributed by atoms with Gasteiger partial charge < -0.3 is 25.8 Å². The zero-order valence-corrected chi connectivity index (χ0v) is 53.7. The molecule has 472 valence electrons. The first-order chi connectivity index (χ1) is 39.9. The summed E-state index contributed by atoms with van der Waals surface area (Å²) in [6.45, 7) is 26.1. The predicted octanol–water partition coefficient (Wildman–Crippen LogP) is 11.0. The minimum absolute atomic E-state index is 0. The van der Waals surface area contributed by atoms with Gasteiger partial charge in [-0.1, -0.05) is 85.5 Å². The highest BCUT2D eigenvalue weighted by Crippen LogP contribution is 2.42. The number of amides is 4. The van der Waals surface area contributed by atoms with Crippen molar-refractivity contribution < 1.29 is 36.0 Å². The van der Waals surface area contributed by atoms with Gasteiger partial charge in [0.15, 0.2) is 10.1 Å². The Morgan fingerprint density at radius 1 is 0.581 bits per heavy atom. The maximum atomic E-state index is 13.6. The largest absolute Gasteiger partial charge is 0.370 e. The van der Waals surface area contributed by atoms with Crippen molar-refractivity contribution in [3.63, 3.8) is 0 Å². The third-order valence-electron chi connectivity index (χ3n) is 17.0. The number of halogens is 1. The smallest absolute Gasteiger partial charge is 0.281 e. The lowest BCUT2D eigenvalue weighted by Crippen LogP contribution is -2.41. The molecule has 5 N–H and O–H groups in total. The van der Waals surface area contributed by atoms with E-state index in [1.165, 1.54) is 37.1 Å². The monoisotopic (exact) mass is 1240 g/mol. The average molecular weight is 1250 g/mol. The fraction of sp³-hybridized carbons (Fsp3) is 0.619. The van der Waals surface area contributed by atoms with Gasteiger partial charge in [-0.25, -0.2) is 29.4 Å². The van der Waals surface area contributed by atoms with E-state index in [2.05, 4.69) is 119 Å². The number of aromatic nitrogens is 4. The molecule has 4 aromatic heterocycles. The van der Waals surface area contributed by atoms with Crippen LogP contribution in [0.25, 0.3) is 0 Å². The second kappa shape index (κ2) is 27.5. The number of hydrogen-bond acceptors (Lipinski definition) is 16. The number of hydrogen-bond donors (Lipinski definition) is 5. The van der Waals surface area contributed by atoms with Crippen LogP contribution in [-0.2, 0) is 29.6 Å². The van der Waals surface area contributed by atoms with E-state index in [1.54, 1.807) is 41.3 Å². The van der Waals surface area contributed by atoms with Gasteiger partial charge in [-0.05, 0) is 176 Å². The third kappa shape index (κ3) is 17.3. The van der Waals surface area contributed by atoms with Crippen LogP contribution in [0, 0.1) is 34.5 Å². The second-order valence-electron chi connectivity index (χ2n) is 27.4. The first kappa shape index (κ1) is 67.4. The number of nitrogens with zero attached hydrogens (tertiary/aromatic N) is 7. The zero-order chi connectivity index (χ0) is 61.7. The van der Waals surface area contributed by atoms with E-state index in [1.807, 2.05) is 0 Å². The molecular formula is C63H93ClN12O8S2. The van der Waals surface area contributed by atoms with E-state index >= 15 is 0 Å². The molecule has 86 heavy (non-hydrogen) atoms. The molecule has 2 unspecified atom stereocenters. The van der Waals surface area contributed by atoms with Crippen molar-refractivity contribution in [3.05, 3.63) is 76.9 Å². The number of rotatable bonds is 7. The molecule has 10 heterocycles. The fourth-order valence-corrected chi connectivity index (χ4v) is 14.6. The molecule has 0 radical (unpaired) electrons. The molecule has 6 aliphatic heterocycles. The lowest BCUT2D eigenvalue weighted by molar-refractivity contribution is -0.122. The van der Waals surface area contributed by atoms with Crippen LogP contribution in [0.3, 0.4) is 0 Å². The van der Waals surface area contributed by atoms with Gasteiger partial charge >= 0.3 is 0 Å². The summed E-state index contributed by atoms with van der Waals surface area (Å²) in [6, 6.07) is 15.6. The summed E-state index contributed by atoms with van der Waals surface area (Å²) in [4.78, 5) is 74.9. The van der Waals surface area contributed by atoms with Gasteiger partial charge in [0.05, 0.1) is 11.1 Å². The van der Waals surface area contributed by atoms with Crippen LogP contribution in [0.15, 0.2) is 70.7 Å². The number of carbonyl (C=O) groups is 4. The van der Waals surface area contributed by atoms with Gasteiger partial charge in [0.2, 0.25) is 11.8 Å². The first-order valence-corrected chi connectivity index (χ1v) is 33.6. The van der Waals surface area contributed by atoms with E-state index in [9.17, 15) is 36.0 Å². The van der Waals surface area contributed by atoms with Crippen LogP contribution in [0.2, 0.25) is 5.15 Å². The summed E-state index contributed by atoms with van der Waals surface area (Å²) in [5.41, 5.74) is 0.413. The van der Waals surface area contributed by atoms with Crippen LogP contribution in [0.4, 0.5) is 29.1 Å². The molecule has 0 aromatic carbocycles. The molecule has 6 aliphatic rings. The molecule has 0 saturated carbocycles. The molecule has 0 aliphatic carbocycles. The summed E-state index contributed by atoms with van der Waals surface area (Å²) >= 11 is 6.14. The highest BCUT2D eigenvalue weighted by molar-refractivity contribution is 7.90. The number of anilines is 5. The molecule has 20 nitrogen and oxygen atoms in total. The highest BCUT2D eigenvalue weighted by atomic mass is 35.5. The molecule has 4 fully saturated rings. The van der Waals surface area contributed by atoms with Crippen molar-refractivity contribution in [2.24, 2.45) is 34.5 Å². The van der Waals surface area contributed by atoms with Crippen molar-refractivity contribution >= 4 is 84.4 Å². The van der Waals surface area contributed by atoms with Gasteiger partial charge in [0, 0.05) is 62.2 Å². The van der Waals surface area contributed by atoms with E-state index in [0.717, 1.165) is 90.1 Å². The number of fused-ring (bicyclic) bond motifs is 12. The lowest BCUT2D eigenvalue weighted by Gasteiger charge is -2.34. The molecule has 4 amide bonds.